The van der Waals surface area contributed by atoms with Gasteiger partial charge in [-0.3, -0.25) is 0 Å². The highest BCUT2D eigenvalue weighted by Gasteiger charge is 2.28. The molecule has 5 heteroatoms. The van der Waals surface area contributed by atoms with Crippen LogP contribution in [0.4, 0.5) is 4.79 Å². The van der Waals surface area contributed by atoms with Gasteiger partial charge < -0.3 is 15.2 Å². The van der Waals surface area contributed by atoms with Crippen molar-refractivity contribution in [3.63, 3.8) is 0 Å². The van der Waals surface area contributed by atoms with Crippen molar-refractivity contribution in [1.82, 2.24) is 5.32 Å². The molecule has 0 saturated carbocycles. The molecule has 5 nitrogen and oxygen atoms in total. The Hall–Kier alpha value is -4.30. The number of carbonyl (C=O) groups excluding carboxylic acids is 1. The van der Waals surface area contributed by atoms with Crippen molar-refractivity contribution in [2.75, 3.05) is 13.2 Å². The van der Waals surface area contributed by atoms with Crippen molar-refractivity contribution in [3.8, 4) is 23.0 Å². The molecule has 3 aromatic rings. The normalized spacial score (nSPS) is 11.9. The average molecular weight is 437 g/mol. The van der Waals surface area contributed by atoms with Gasteiger partial charge in [0.1, 0.15) is 6.61 Å². The minimum absolute atomic E-state index is 0.0382. The van der Waals surface area contributed by atoms with Gasteiger partial charge in [-0.15, -0.1) is 0 Å². The number of alkyl carbamates (subject to hydrolysis) is 1. The first-order valence-electron chi connectivity index (χ1n) is 10.7. The van der Waals surface area contributed by atoms with E-state index < -0.39 is 12.1 Å². The largest absolute Gasteiger partial charge is 0.478 e. The maximum absolute atomic E-state index is 12.2. The van der Waals surface area contributed by atoms with Gasteiger partial charge in [-0.25, -0.2) is 9.59 Å². The molecule has 0 unspecified atom stereocenters. The highest BCUT2D eigenvalue weighted by atomic mass is 16.5. The molecule has 0 aromatic heterocycles. The summed E-state index contributed by atoms with van der Waals surface area (Å²) in [6.45, 7) is 0.678. The quantitative estimate of drug-likeness (QED) is 0.321. The van der Waals surface area contributed by atoms with Crippen LogP contribution in [0.3, 0.4) is 0 Å². The molecule has 4 rings (SSSR count). The number of hydrogen-bond donors (Lipinski definition) is 2. The predicted octanol–water partition coefficient (Wildman–Crippen LogP) is 5.06. The lowest BCUT2D eigenvalue weighted by Gasteiger charge is -2.14. The lowest BCUT2D eigenvalue weighted by Crippen LogP contribution is -2.26. The molecule has 0 atom stereocenters. The Labute approximate surface area is 192 Å². The van der Waals surface area contributed by atoms with Gasteiger partial charge in [0.05, 0.1) is 0 Å². The summed E-state index contributed by atoms with van der Waals surface area (Å²) in [7, 11) is 0. The fourth-order valence-corrected chi connectivity index (χ4v) is 3.89. The van der Waals surface area contributed by atoms with E-state index >= 15 is 0 Å². The lowest BCUT2D eigenvalue weighted by atomic mass is 9.98. The Morgan fingerprint density at radius 2 is 1.58 bits per heavy atom. The number of carbonyl (C=O) groups is 2. The van der Waals surface area contributed by atoms with Crippen LogP contribution in [0.1, 0.15) is 34.6 Å². The molecule has 0 bridgehead atoms. The van der Waals surface area contributed by atoms with Crippen LogP contribution in [-0.2, 0) is 9.53 Å². The lowest BCUT2D eigenvalue weighted by molar-refractivity contribution is -0.131. The van der Waals surface area contributed by atoms with E-state index in [1.165, 1.54) is 28.3 Å². The van der Waals surface area contributed by atoms with E-state index in [1.807, 2.05) is 36.4 Å². The van der Waals surface area contributed by atoms with Gasteiger partial charge in [-0.05, 0) is 46.0 Å². The molecule has 2 N–H and O–H groups in total. The van der Waals surface area contributed by atoms with Gasteiger partial charge in [0, 0.05) is 30.5 Å². The summed E-state index contributed by atoms with van der Waals surface area (Å²) in [6, 6.07) is 23.7. The second-order valence-electron chi connectivity index (χ2n) is 7.60. The number of amides is 1. The van der Waals surface area contributed by atoms with Crippen LogP contribution in [0.2, 0.25) is 0 Å². The van der Waals surface area contributed by atoms with Gasteiger partial charge in [0.25, 0.3) is 0 Å². The van der Waals surface area contributed by atoms with Crippen LogP contribution in [-0.4, -0.2) is 30.3 Å². The average Bonchev–Trinajstić information content (AvgIpc) is 3.15. The molecule has 0 saturated heterocycles. The molecule has 0 radical (unpaired) electrons. The highest BCUT2D eigenvalue weighted by molar-refractivity contribution is 5.85. The van der Waals surface area contributed by atoms with Gasteiger partial charge in [0.2, 0.25) is 0 Å². The van der Waals surface area contributed by atoms with Crippen molar-refractivity contribution in [1.29, 1.82) is 0 Å². The van der Waals surface area contributed by atoms with E-state index in [1.54, 1.807) is 12.1 Å². The van der Waals surface area contributed by atoms with E-state index in [0.29, 0.717) is 13.0 Å². The number of carboxylic acid groups (broad SMARTS) is 1. The Morgan fingerprint density at radius 3 is 2.21 bits per heavy atom. The fourth-order valence-electron chi connectivity index (χ4n) is 3.89. The number of hydrogen-bond acceptors (Lipinski definition) is 3. The summed E-state index contributed by atoms with van der Waals surface area (Å²) in [5.41, 5.74) is 6.37. The summed E-state index contributed by atoms with van der Waals surface area (Å²) < 4.78 is 5.51. The van der Waals surface area contributed by atoms with Crippen LogP contribution in [0, 0.1) is 11.8 Å². The summed E-state index contributed by atoms with van der Waals surface area (Å²) in [5, 5.41) is 11.4. The standard InChI is InChI=1S/C28H23NO4/c30-27(31)17-16-21-14-12-20(13-15-21)7-5-6-18-29-28(32)33-19-26-24-10-3-1-8-22(24)23-9-2-4-11-25(23)26/h1-4,8-17,26H,6,18-19H2,(H,29,32)(H,30,31)/b17-16+. The Morgan fingerprint density at radius 1 is 0.939 bits per heavy atom. The van der Waals surface area contributed by atoms with Gasteiger partial charge >= 0.3 is 12.1 Å². The number of fused-ring (bicyclic) bond motifs is 3. The number of ether oxygens (including phenoxy) is 1. The van der Waals surface area contributed by atoms with Crippen LogP contribution < -0.4 is 5.32 Å². The molecule has 3 aromatic carbocycles. The zero-order chi connectivity index (χ0) is 23.0. The zero-order valence-corrected chi connectivity index (χ0v) is 18.0. The molecule has 33 heavy (non-hydrogen) atoms. The number of carboxylic acids is 1. The van der Waals surface area contributed by atoms with Crippen molar-refractivity contribution < 1.29 is 19.4 Å². The summed E-state index contributed by atoms with van der Waals surface area (Å²) >= 11 is 0. The van der Waals surface area contributed by atoms with Crippen molar-refractivity contribution in [3.05, 3.63) is 101 Å². The van der Waals surface area contributed by atoms with Gasteiger partial charge in [-0.2, -0.15) is 0 Å². The van der Waals surface area contributed by atoms with E-state index in [2.05, 4.69) is 41.4 Å². The monoisotopic (exact) mass is 437 g/mol. The number of benzene rings is 3. The highest BCUT2D eigenvalue weighted by Crippen LogP contribution is 2.44. The van der Waals surface area contributed by atoms with Gasteiger partial charge in [0.15, 0.2) is 0 Å². The third kappa shape index (κ3) is 5.50. The van der Waals surface area contributed by atoms with Crippen LogP contribution in [0.25, 0.3) is 17.2 Å². The molecule has 0 fully saturated rings. The van der Waals surface area contributed by atoms with Gasteiger partial charge in [-0.1, -0.05) is 72.5 Å². The van der Waals surface area contributed by atoms with Crippen molar-refractivity contribution in [2.24, 2.45) is 0 Å². The maximum atomic E-state index is 12.2. The third-order valence-electron chi connectivity index (χ3n) is 5.42. The van der Waals surface area contributed by atoms with Crippen LogP contribution in [0.5, 0.6) is 0 Å². The SMILES string of the molecule is O=C(O)/C=C/c1ccc(C#CCCNC(=O)OCC2c3ccccc3-c3ccccc32)cc1. The van der Waals surface area contributed by atoms with Crippen molar-refractivity contribution in [2.45, 2.75) is 12.3 Å². The minimum atomic E-state index is -0.984. The smallest absolute Gasteiger partial charge is 0.407 e. The van der Waals surface area contributed by atoms with Crippen molar-refractivity contribution >= 4 is 18.1 Å². The molecule has 0 heterocycles. The molecule has 164 valence electrons. The van der Waals surface area contributed by atoms with E-state index in [4.69, 9.17) is 9.84 Å². The molecule has 0 aliphatic heterocycles. The third-order valence-corrected chi connectivity index (χ3v) is 5.42. The second-order valence-corrected chi connectivity index (χ2v) is 7.60. The number of aliphatic carboxylic acids is 1. The van der Waals surface area contributed by atoms with E-state index in [-0.39, 0.29) is 12.5 Å². The fraction of sp³-hybridized carbons (Fsp3) is 0.143. The predicted molar refractivity (Wildman–Crippen MR) is 128 cm³/mol. The summed E-state index contributed by atoms with van der Waals surface area (Å²) in [4.78, 5) is 22.7. The molecule has 1 aliphatic rings. The van der Waals surface area contributed by atoms with Crippen LogP contribution >= 0.6 is 0 Å². The Kier molecular flexibility index (Phi) is 6.87. The first kappa shape index (κ1) is 21.9. The number of rotatable bonds is 6. The zero-order valence-electron chi connectivity index (χ0n) is 18.0. The molecule has 1 amide bonds. The first-order valence-corrected chi connectivity index (χ1v) is 10.7. The van der Waals surface area contributed by atoms with E-state index in [9.17, 15) is 9.59 Å². The molecular formula is C28H23NO4. The summed E-state index contributed by atoms with van der Waals surface area (Å²) in [5.74, 6) is 5.10. The molecule has 1 aliphatic carbocycles. The van der Waals surface area contributed by atoms with E-state index in [0.717, 1.165) is 17.2 Å². The first-order chi connectivity index (χ1) is 16.1. The Bertz CT molecular complexity index is 1200. The maximum Gasteiger partial charge on any atom is 0.407 e. The number of nitrogens with one attached hydrogen (secondary N) is 1. The second kappa shape index (κ2) is 10.3. The summed E-state index contributed by atoms with van der Waals surface area (Å²) in [6.07, 6.45) is 2.66. The van der Waals surface area contributed by atoms with Crippen LogP contribution in [0.15, 0.2) is 78.9 Å². The minimum Gasteiger partial charge on any atom is -0.478 e. The Balaban J connectivity index is 1.24. The molecular weight excluding hydrogens is 414 g/mol. The molecule has 0 spiro atoms. The topological polar surface area (TPSA) is 75.6 Å².